The minimum Gasteiger partial charge on any atom is -0.494 e. The highest BCUT2D eigenvalue weighted by atomic mass is 16.5. The van der Waals surface area contributed by atoms with Gasteiger partial charge in [0.05, 0.1) is 6.61 Å². The molecule has 37 heavy (non-hydrogen) atoms. The number of aryl methyl sites for hydroxylation is 1. The van der Waals surface area contributed by atoms with Crippen molar-refractivity contribution in [1.29, 1.82) is 0 Å². The molecule has 194 valence electrons. The fourth-order valence-corrected chi connectivity index (χ4v) is 4.48. The number of nitrogens with zero attached hydrogens (tertiary/aromatic N) is 2. The summed E-state index contributed by atoms with van der Waals surface area (Å²) in [4.78, 5) is 4.64. The Morgan fingerprint density at radius 2 is 1.16 bits per heavy atom. The first-order chi connectivity index (χ1) is 18.3. The maximum Gasteiger partial charge on any atom is 0.258 e. The number of aromatic nitrogens is 2. The fraction of sp³-hybridized carbons (Fsp3) is 0.394. The second kappa shape index (κ2) is 14.4. The van der Waals surface area contributed by atoms with Crippen LogP contribution >= 0.6 is 0 Å². The zero-order valence-corrected chi connectivity index (χ0v) is 22.4. The highest BCUT2D eigenvalue weighted by Crippen LogP contribution is 2.27. The van der Waals surface area contributed by atoms with Crippen molar-refractivity contribution in [1.82, 2.24) is 10.1 Å². The first-order valence-corrected chi connectivity index (χ1v) is 14.0. The van der Waals surface area contributed by atoms with Crippen molar-refractivity contribution >= 4 is 0 Å². The molecule has 1 heterocycles. The zero-order valence-electron chi connectivity index (χ0n) is 22.4. The van der Waals surface area contributed by atoms with Gasteiger partial charge in [-0.05, 0) is 60.2 Å². The van der Waals surface area contributed by atoms with Crippen LogP contribution in [0.25, 0.3) is 34.0 Å². The summed E-state index contributed by atoms with van der Waals surface area (Å²) in [6, 6.07) is 25.1. The van der Waals surface area contributed by atoms with Gasteiger partial charge in [0.2, 0.25) is 5.82 Å². The molecule has 0 spiro atoms. The van der Waals surface area contributed by atoms with E-state index in [2.05, 4.69) is 72.5 Å². The number of hydrogen-bond acceptors (Lipinski definition) is 4. The van der Waals surface area contributed by atoms with Gasteiger partial charge < -0.3 is 9.26 Å². The number of benzene rings is 3. The van der Waals surface area contributed by atoms with Gasteiger partial charge in [-0.1, -0.05) is 112 Å². The molecular weight excluding hydrogens is 456 g/mol. The Labute approximate surface area is 222 Å². The van der Waals surface area contributed by atoms with E-state index in [0.29, 0.717) is 11.7 Å². The summed E-state index contributed by atoms with van der Waals surface area (Å²) in [6.45, 7) is 5.26. The van der Waals surface area contributed by atoms with Crippen LogP contribution in [0.15, 0.2) is 77.3 Å². The van der Waals surface area contributed by atoms with Crippen molar-refractivity contribution in [3.63, 3.8) is 0 Å². The normalized spacial score (nSPS) is 11.1. The molecule has 0 aliphatic carbocycles. The standard InChI is InChI=1S/C33H40N2O2/c1-3-5-7-9-10-12-26-13-15-30(16-14-26)33-34-32(35-37-33)29-19-17-27(18-20-29)28-21-23-31(24-22-28)36-25-11-8-6-4-2/h13-24H,3-12,25H2,1-2H3. The number of rotatable bonds is 15. The molecule has 3 aromatic carbocycles. The van der Waals surface area contributed by atoms with Crippen molar-refractivity contribution < 1.29 is 9.26 Å². The van der Waals surface area contributed by atoms with E-state index in [1.807, 2.05) is 24.3 Å². The zero-order chi connectivity index (χ0) is 25.7. The summed E-state index contributed by atoms with van der Waals surface area (Å²) in [7, 11) is 0. The van der Waals surface area contributed by atoms with E-state index in [0.717, 1.165) is 47.5 Å². The number of unbranched alkanes of at least 4 members (excludes halogenated alkanes) is 7. The van der Waals surface area contributed by atoms with Crippen molar-refractivity contribution in [3.05, 3.63) is 78.4 Å². The lowest BCUT2D eigenvalue weighted by Crippen LogP contribution is -1.96. The Morgan fingerprint density at radius 1 is 0.595 bits per heavy atom. The average molecular weight is 497 g/mol. The third kappa shape index (κ3) is 8.04. The van der Waals surface area contributed by atoms with Crippen molar-refractivity contribution in [2.75, 3.05) is 6.61 Å². The first-order valence-electron chi connectivity index (χ1n) is 14.0. The van der Waals surface area contributed by atoms with Crippen molar-refractivity contribution in [3.8, 4) is 39.7 Å². The van der Waals surface area contributed by atoms with Crippen LogP contribution in [-0.2, 0) is 6.42 Å². The molecule has 4 heteroatoms. The summed E-state index contributed by atoms with van der Waals surface area (Å²) in [5.41, 5.74) is 5.56. The van der Waals surface area contributed by atoms with E-state index < -0.39 is 0 Å². The predicted octanol–water partition coefficient (Wildman–Crippen LogP) is 9.54. The SMILES string of the molecule is CCCCCCCc1ccc(-c2nc(-c3ccc(-c4ccc(OCCCCCC)cc4)cc3)no2)cc1. The molecule has 0 fully saturated rings. The van der Waals surface area contributed by atoms with Crippen LogP contribution in [-0.4, -0.2) is 16.7 Å². The Bertz CT molecular complexity index is 1180. The lowest BCUT2D eigenvalue weighted by molar-refractivity contribution is 0.305. The van der Waals surface area contributed by atoms with Crippen molar-refractivity contribution in [2.45, 2.75) is 78.1 Å². The van der Waals surface area contributed by atoms with Gasteiger partial charge >= 0.3 is 0 Å². The topological polar surface area (TPSA) is 48.2 Å². The molecule has 4 nitrogen and oxygen atoms in total. The van der Waals surface area contributed by atoms with Gasteiger partial charge in [0.15, 0.2) is 0 Å². The molecular formula is C33H40N2O2. The van der Waals surface area contributed by atoms with Crippen LogP contribution < -0.4 is 4.74 Å². The lowest BCUT2D eigenvalue weighted by atomic mass is 10.0. The van der Waals surface area contributed by atoms with E-state index in [9.17, 15) is 0 Å². The minimum atomic E-state index is 0.554. The fourth-order valence-electron chi connectivity index (χ4n) is 4.48. The summed E-state index contributed by atoms with van der Waals surface area (Å²) in [6.07, 6.45) is 12.5. The first kappa shape index (κ1) is 26.7. The van der Waals surface area contributed by atoms with Crippen LogP contribution in [0, 0.1) is 0 Å². The largest absolute Gasteiger partial charge is 0.494 e. The molecule has 0 amide bonds. The Hall–Kier alpha value is -3.40. The molecule has 0 unspecified atom stereocenters. The van der Waals surface area contributed by atoms with E-state index in [4.69, 9.17) is 9.26 Å². The van der Waals surface area contributed by atoms with Crippen molar-refractivity contribution in [2.24, 2.45) is 0 Å². The Morgan fingerprint density at radius 3 is 1.84 bits per heavy atom. The summed E-state index contributed by atoms with van der Waals surface area (Å²) >= 11 is 0. The van der Waals surface area contributed by atoms with E-state index in [1.54, 1.807) is 0 Å². The molecule has 0 aliphatic rings. The predicted molar refractivity (Wildman–Crippen MR) is 153 cm³/mol. The second-order valence-corrected chi connectivity index (χ2v) is 9.80. The van der Waals surface area contributed by atoms with Gasteiger partial charge in [-0.15, -0.1) is 0 Å². The van der Waals surface area contributed by atoms with E-state index >= 15 is 0 Å². The van der Waals surface area contributed by atoms with Crippen LogP contribution in [0.4, 0.5) is 0 Å². The lowest BCUT2D eigenvalue weighted by Gasteiger charge is -2.07. The highest BCUT2D eigenvalue weighted by molar-refractivity contribution is 5.68. The molecule has 4 aromatic rings. The molecule has 0 atom stereocenters. The Balaban J connectivity index is 1.31. The third-order valence-electron chi connectivity index (χ3n) is 6.79. The van der Waals surface area contributed by atoms with Gasteiger partial charge in [-0.25, -0.2) is 0 Å². The molecule has 0 aliphatic heterocycles. The monoisotopic (exact) mass is 496 g/mol. The van der Waals surface area contributed by atoms with Gasteiger partial charge in [-0.3, -0.25) is 0 Å². The average Bonchev–Trinajstić information content (AvgIpc) is 3.44. The maximum atomic E-state index is 5.87. The van der Waals surface area contributed by atoms with Gasteiger partial charge in [0, 0.05) is 11.1 Å². The number of ether oxygens (including phenoxy) is 1. The molecule has 0 N–H and O–H groups in total. The van der Waals surface area contributed by atoms with Gasteiger partial charge in [0.25, 0.3) is 5.89 Å². The smallest absolute Gasteiger partial charge is 0.258 e. The third-order valence-corrected chi connectivity index (χ3v) is 6.79. The maximum absolute atomic E-state index is 5.87. The molecule has 1 aromatic heterocycles. The number of hydrogen-bond donors (Lipinski definition) is 0. The minimum absolute atomic E-state index is 0.554. The van der Waals surface area contributed by atoms with E-state index in [-0.39, 0.29) is 0 Å². The second-order valence-electron chi connectivity index (χ2n) is 9.80. The van der Waals surface area contributed by atoms with Crippen LogP contribution in [0.5, 0.6) is 5.75 Å². The van der Waals surface area contributed by atoms with Crippen LogP contribution in [0.1, 0.15) is 77.2 Å². The van der Waals surface area contributed by atoms with Gasteiger partial charge in [-0.2, -0.15) is 4.98 Å². The van der Waals surface area contributed by atoms with Gasteiger partial charge in [0.1, 0.15) is 5.75 Å². The molecule has 4 rings (SSSR count). The van der Waals surface area contributed by atoms with E-state index in [1.165, 1.54) is 56.9 Å². The molecule has 0 bridgehead atoms. The van der Waals surface area contributed by atoms with Crippen LogP contribution in [0.3, 0.4) is 0 Å². The molecule has 0 radical (unpaired) electrons. The van der Waals surface area contributed by atoms with Crippen LogP contribution in [0.2, 0.25) is 0 Å². The summed E-state index contributed by atoms with van der Waals surface area (Å²) in [5, 5.41) is 4.22. The molecule has 0 saturated heterocycles. The molecule has 0 saturated carbocycles. The summed E-state index contributed by atoms with van der Waals surface area (Å²) < 4.78 is 11.4. The highest BCUT2D eigenvalue weighted by Gasteiger charge is 2.11. The Kier molecular flexibility index (Phi) is 10.4. The quantitative estimate of drug-likeness (QED) is 0.154. The summed E-state index contributed by atoms with van der Waals surface area (Å²) in [5.74, 6) is 2.09.